The zero-order chi connectivity index (χ0) is 14.6. The van der Waals surface area contributed by atoms with Gasteiger partial charge in [0.2, 0.25) is 0 Å². The first-order valence-corrected chi connectivity index (χ1v) is 8.20. The fourth-order valence-electron chi connectivity index (χ4n) is 3.04. The summed E-state index contributed by atoms with van der Waals surface area (Å²) < 4.78 is 5.71. The van der Waals surface area contributed by atoms with Crippen LogP contribution < -0.4 is 5.32 Å². The second-order valence-electron chi connectivity index (χ2n) is 7.14. The van der Waals surface area contributed by atoms with Crippen molar-refractivity contribution in [3.63, 3.8) is 0 Å². The number of aliphatic hydroxyl groups excluding tert-OH is 1. The van der Waals surface area contributed by atoms with Crippen LogP contribution in [0.15, 0.2) is 0 Å². The lowest BCUT2D eigenvalue weighted by Crippen LogP contribution is -2.59. The zero-order valence-electron chi connectivity index (χ0n) is 13.4. The molecular weight excluding hydrogens is 252 g/mol. The molecule has 0 bridgehead atoms. The van der Waals surface area contributed by atoms with Crippen molar-refractivity contribution in [1.29, 1.82) is 0 Å². The molecule has 0 aromatic carbocycles. The van der Waals surface area contributed by atoms with Gasteiger partial charge in [-0.3, -0.25) is 0 Å². The molecule has 4 nitrogen and oxygen atoms in total. The summed E-state index contributed by atoms with van der Waals surface area (Å²) in [7, 11) is 2.13. The van der Waals surface area contributed by atoms with E-state index in [0.717, 1.165) is 32.2 Å². The molecule has 0 spiro atoms. The van der Waals surface area contributed by atoms with Crippen LogP contribution in [0.2, 0.25) is 0 Å². The Bertz CT molecular complexity index is 290. The maximum absolute atomic E-state index is 9.92. The lowest BCUT2D eigenvalue weighted by molar-refractivity contribution is 0.0662. The lowest BCUT2D eigenvalue weighted by atomic mass is 9.92. The summed E-state index contributed by atoms with van der Waals surface area (Å²) in [6.45, 7) is 8.13. The van der Waals surface area contributed by atoms with Gasteiger partial charge in [0.25, 0.3) is 0 Å². The number of ether oxygens (including phenoxy) is 1. The molecule has 2 saturated carbocycles. The maximum atomic E-state index is 9.92. The van der Waals surface area contributed by atoms with Crippen LogP contribution in [0.25, 0.3) is 0 Å². The van der Waals surface area contributed by atoms with Crippen LogP contribution in [0.1, 0.15) is 39.5 Å². The van der Waals surface area contributed by atoms with Crippen molar-refractivity contribution in [2.75, 3.05) is 40.0 Å². The largest absolute Gasteiger partial charge is 0.394 e. The summed E-state index contributed by atoms with van der Waals surface area (Å²) in [5.41, 5.74) is -0.126. The molecule has 20 heavy (non-hydrogen) atoms. The van der Waals surface area contributed by atoms with Crippen molar-refractivity contribution >= 4 is 0 Å². The summed E-state index contributed by atoms with van der Waals surface area (Å²) >= 11 is 0. The first-order valence-electron chi connectivity index (χ1n) is 8.20. The van der Waals surface area contributed by atoms with Gasteiger partial charge >= 0.3 is 0 Å². The molecule has 1 atom stereocenters. The zero-order valence-corrected chi connectivity index (χ0v) is 13.4. The first kappa shape index (κ1) is 16.2. The Balaban J connectivity index is 1.73. The molecule has 2 fully saturated rings. The van der Waals surface area contributed by atoms with Crippen LogP contribution in [0.3, 0.4) is 0 Å². The van der Waals surface area contributed by atoms with Crippen molar-refractivity contribution in [2.45, 2.75) is 51.1 Å². The van der Waals surface area contributed by atoms with E-state index < -0.39 is 0 Å². The van der Waals surface area contributed by atoms with E-state index in [2.05, 4.69) is 31.1 Å². The highest BCUT2D eigenvalue weighted by Crippen LogP contribution is 2.40. The number of hydrogen-bond donors (Lipinski definition) is 2. The van der Waals surface area contributed by atoms with Gasteiger partial charge in [-0.05, 0) is 44.6 Å². The van der Waals surface area contributed by atoms with Crippen molar-refractivity contribution in [3.8, 4) is 0 Å². The molecule has 0 aliphatic heterocycles. The molecule has 0 aromatic heterocycles. The van der Waals surface area contributed by atoms with Gasteiger partial charge in [-0.25, -0.2) is 0 Å². The smallest absolute Gasteiger partial charge is 0.0628 e. The van der Waals surface area contributed by atoms with Gasteiger partial charge in [0.05, 0.1) is 18.8 Å². The highest BCUT2D eigenvalue weighted by molar-refractivity contribution is 5.03. The van der Waals surface area contributed by atoms with Crippen molar-refractivity contribution < 1.29 is 9.84 Å². The molecule has 2 rings (SSSR count). The van der Waals surface area contributed by atoms with E-state index in [-0.39, 0.29) is 12.1 Å². The predicted octanol–water partition coefficient (Wildman–Crippen LogP) is 1.48. The molecule has 4 heteroatoms. The number of aliphatic hydroxyl groups is 1. The van der Waals surface area contributed by atoms with Gasteiger partial charge in [-0.1, -0.05) is 13.8 Å². The van der Waals surface area contributed by atoms with Gasteiger partial charge < -0.3 is 20.1 Å². The predicted molar refractivity (Wildman–Crippen MR) is 81.9 cm³/mol. The van der Waals surface area contributed by atoms with Gasteiger partial charge in [-0.2, -0.15) is 0 Å². The van der Waals surface area contributed by atoms with E-state index in [4.69, 9.17) is 4.74 Å². The van der Waals surface area contributed by atoms with Gasteiger partial charge in [0.1, 0.15) is 0 Å². The van der Waals surface area contributed by atoms with Gasteiger partial charge in [0, 0.05) is 25.7 Å². The molecule has 0 aromatic rings. The summed E-state index contributed by atoms with van der Waals surface area (Å²) in [6.07, 6.45) is 5.19. The topological polar surface area (TPSA) is 44.7 Å². The van der Waals surface area contributed by atoms with Crippen molar-refractivity contribution in [2.24, 2.45) is 11.8 Å². The highest BCUT2D eigenvalue weighted by Gasteiger charge is 2.45. The quantitative estimate of drug-likeness (QED) is 0.564. The SMILES string of the molecule is CC(C)NC(CO)(CN(C)CCOCC1CC1)C1CC1. The average Bonchev–Trinajstić information content (AvgIpc) is 3.26. The molecule has 1 unspecified atom stereocenters. The molecule has 2 aliphatic rings. The van der Waals surface area contributed by atoms with Crippen LogP contribution in [0.5, 0.6) is 0 Å². The Labute approximate surface area is 123 Å². The van der Waals surface area contributed by atoms with E-state index in [1.165, 1.54) is 25.7 Å². The minimum Gasteiger partial charge on any atom is -0.394 e. The molecular formula is C16H32N2O2. The summed E-state index contributed by atoms with van der Waals surface area (Å²) in [4.78, 5) is 2.30. The Morgan fingerprint density at radius 2 is 2.00 bits per heavy atom. The van der Waals surface area contributed by atoms with Gasteiger partial charge in [-0.15, -0.1) is 0 Å². The Morgan fingerprint density at radius 3 is 2.50 bits per heavy atom. The highest BCUT2D eigenvalue weighted by atomic mass is 16.5. The molecule has 2 aliphatic carbocycles. The molecule has 0 amide bonds. The minimum absolute atomic E-state index is 0.126. The average molecular weight is 284 g/mol. The number of rotatable bonds is 11. The van der Waals surface area contributed by atoms with Crippen molar-refractivity contribution in [3.05, 3.63) is 0 Å². The van der Waals surface area contributed by atoms with E-state index in [1.807, 2.05) is 0 Å². The van der Waals surface area contributed by atoms with E-state index >= 15 is 0 Å². The third-order valence-electron chi connectivity index (χ3n) is 4.44. The lowest BCUT2D eigenvalue weighted by Gasteiger charge is -2.38. The normalized spacial score (nSPS) is 22.5. The summed E-state index contributed by atoms with van der Waals surface area (Å²) in [5, 5.41) is 13.5. The van der Waals surface area contributed by atoms with E-state index in [9.17, 15) is 5.11 Å². The van der Waals surface area contributed by atoms with Crippen LogP contribution in [0, 0.1) is 11.8 Å². The molecule has 0 saturated heterocycles. The van der Waals surface area contributed by atoms with Crippen LogP contribution >= 0.6 is 0 Å². The summed E-state index contributed by atoms with van der Waals surface area (Å²) in [5.74, 6) is 1.47. The maximum Gasteiger partial charge on any atom is 0.0628 e. The Hall–Kier alpha value is -0.160. The third kappa shape index (κ3) is 4.99. The Kier molecular flexibility index (Phi) is 5.84. The second kappa shape index (κ2) is 7.21. The van der Waals surface area contributed by atoms with E-state index in [0.29, 0.717) is 12.0 Å². The second-order valence-corrected chi connectivity index (χ2v) is 7.14. The number of nitrogens with one attached hydrogen (secondary N) is 1. The third-order valence-corrected chi connectivity index (χ3v) is 4.44. The fraction of sp³-hybridized carbons (Fsp3) is 1.00. The minimum atomic E-state index is -0.126. The van der Waals surface area contributed by atoms with Crippen LogP contribution in [-0.2, 0) is 4.74 Å². The Morgan fingerprint density at radius 1 is 1.30 bits per heavy atom. The van der Waals surface area contributed by atoms with E-state index in [1.54, 1.807) is 0 Å². The number of nitrogens with zero attached hydrogens (tertiary/aromatic N) is 1. The molecule has 0 radical (unpaired) electrons. The van der Waals surface area contributed by atoms with Gasteiger partial charge in [0.15, 0.2) is 0 Å². The van der Waals surface area contributed by atoms with Crippen LogP contribution in [0.4, 0.5) is 0 Å². The summed E-state index contributed by atoms with van der Waals surface area (Å²) in [6, 6.07) is 0.405. The molecule has 2 N–H and O–H groups in total. The molecule has 118 valence electrons. The monoisotopic (exact) mass is 284 g/mol. The fourth-order valence-corrected chi connectivity index (χ4v) is 3.04. The number of hydrogen-bond acceptors (Lipinski definition) is 4. The first-order chi connectivity index (χ1) is 9.55. The van der Waals surface area contributed by atoms with Crippen molar-refractivity contribution in [1.82, 2.24) is 10.2 Å². The standard InChI is InChI=1S/C16H32N2O2/c1-13(2)17-16(12-19,15-6-7-15)11-18(3)8-9-20-10-14-4-5-14/h13-15,17,19H,4-12H2,1-3H3. The number of likely N-dealkylation sites (N-methyl/N-ethyl adjacent to an activating group) is 1. The molecule has 0 heterocycles. The van der Waals surface area contributed by atoms with Crippen LogP contribution in [-0.4, -0.2) is 61.5 Å².